The number of aryl methyl sites for hydroxylation is 1. The van der Waals surface area contributed by atoms with Crippen molar-refractivity contribution in [2.24, 2.45) is 0 Å². The second kappa shape index (κ2) is 6.99. The molecule has 0 aliphatic rings. The first-order chi connectivity index (χ1) is 8.02. The molecule has 1 unspecified atom stereocenters. The molecule has 94 valence electrons. The normalized spacial score (nSPS) is 12.2. The summed E-state index contributed by atoms with van der Waals surface area (Å²) in [5.41, 5.74) is 1.54. The first kappa shape index (κ1) is 14.5. The van der Waals surface area contributed by atoms with E-state index in [0.717, 1.165) is 5.56 Å². The molecule has 0 saturated carbocycles. The lowest BCUT2D eigenvalue weighted by atomic mass is 10.1. The summed E-state index contributed by atoms with van der Waals surface area (Å²) in [6, 6.07) is 5.28. The third-order valence-corrected chi connectivity index (χ3v) is 2.94. The summed E-state index contributed by atoms with van der Waals surface area (Å²) >= 11 is 9.30. The van der Waals surface area contributed by atoms with E-state index in [1.165, 1.54) is 0 Å². The number of nitrogens with one attached hydrogen (secondary N) is 1. The van der Waals surface area contributed by atoms with Gasteiger partial charge in [-0.3, -0.25) is 4.79 Å². The van der Waals surface area contributed by atoms with E-state index in [9.17, 15) is 4.79 Å². The lowest BCUT2D eigenvalue weighted by molar-refractivity contribution is 0.0950. The zero-order chi connectivity index (χ0) is 12.8. The Morgan fingerprint density at radius 1 is 1.53 bits per heavy atom. The Kier molecular flexibility index (Phi) is 5.95. The van der Waals surface area contributed by atoms with Gasteiger partial charge in [-0.15, -0.1) is 0 Å². The average molecular weight is 321 g/mol. The molecule has 1 N–H and O–H groups in total. The SMILES string of the molecule is COCC(Br)CNC(=O)c1cc(C)cc(Cl)c1. The highest BCUT2D eigenvalue weighted by molar-refractivity contribution is 9.09. The van der Waals surface area contributed by atoms with Gasteiger partial charge in [0.2, 0.25) is 0 Å². The van der Waals surface area contributed by atoms with Gasteiger partial charge < -0.3 is 10.1 Å². The minimum absolute atomic E-state index is 0.108. The predicted molar refractivity (Wildman–Crippen MR) is 73.1 cm³/mol. The van der Waals surface area contributed by atoms with Crippen molar-refractivity contribution in [2.45, 2.75) is 11.8 Å². The Hall–Kier alpha value is -0.580. The van der Waals surface area contributed by atoms with Crippen LogP contribution in [-0.2, 0) is 4.74 Å². The number of alkyl halides is 1. The summed E-state index contributed by atoms with van der Waals surface area (Å²) in [6.45, 7) is 2.97. The molecule has 0 radical (unpaired) electrons. The van der Waals surface area contributed by atoms with Gasteiger partial charge in [0.25, 0.3) is 5.91 Å². The molecular weight excluding hydrogens is 305 g/mol. The minimum Gasteiger partial charge on any atom is -0.383 e. The van der Waals surface area contributed by atoms with Gasteiger partial charge in [0.05, 0.1) is 11.4 Å². The first-order valence-electron chi connectivity index (χ1n) is 5.21. The van der Waals surface area contributed by atoms with E-state index >= 15 is 0 Å². The van der Waals surface area contributed by atoms with E-state index in [2.05, 4.69) is 21.2 Å². The third-order valence-electron chi connectivity index (χ3n) is 2.14. The van der Waals surface area contributed by atoms with Gasteiger partial charge in [-0.25, -0.2) is 0 Å². The quantitative estimate of drug-likeness (QED) is 0.847. The van der Waals surface area contributed by atoms with Crippen molar-refractivity contribution in [3.05, 3.63) is 34.3 Å². The molecule has 5 heteroatoms. The largest absolute Gasteiger partial charge is 0.383 e. The number of carbonyl (C=O) groups excluding carboxylic acids is 1. The summed E-state index contributed by atoms with van der Waals surface area (Å²) < 4.78 is 4.96. The molecule has 1 aromatic carbocycles. The maximum Gasteiger partial charge on any atom is 0.251 e. The van der Waals surface area contributed by atoms with E-state index in [1.807, 2.05) is 13.0 Å². The van der Waals surface area contributed by atoms with Crippen LogP contribution in [0.3, 0.4) is 0 Å². The molecule has 1 aromatic rings. The fourth-order valence-corrected chi connectivity index (χ4v) is 2.13. The molecule has 0 aromatic heterocycles. The topological polar surface area (TPSA) is 38.3 Å². The molecule has 0 spiro atoms. The summed E-state index contributed by atoms with van der Waals surface area (Å²) in [7, 11) is 1.62. The zero-order valence-electron chi connectivity index (χ0n) is 9.80. The van der Waals surface area contributed by atoms with Gasteiger partial charge in [-0.05, 0) is 30.7 Å². The van der Waals surface area contributed by atoms with E-state index in [0.29, 0.717) is 23.7 Å². The van der Waals surface area contributed by atoms with Gasteiger partial charge in [0.1, 0.15) is 0 Å². The van der Waals surface area contributed by atoms with Crippen LogP contribution in [0.15, 0.2) is 18.2 Å². The van der Waals surface area contributed by atoms with E-state index in [-0.39, 0.29) is 10.7 Å². The number of carbonyl (C=O) groups is 1. The Morgan fingerprint density at radius 2 is 2.24 bits per heavy atom. The van der Waals surface area contributed by atoms with E-state index in [1.54, 1.807) is 19.2 Å². The van der Waals surface area contributed by atoms with E-state index < -0.39 is 0 Å². The van der Waals surface area contributed by atoms with Crippen molar-refractivity contribution in [1.29, 1.82) is 0 Å². The second-order valence-corrected chi connectivity index (χ2v) is 5.51. The van der Waals surface area contributed by atoms with Crippen LogP contribution in [0, 0.1) is 6.92 Å². The van der Waals surface area contributed by atoms with Crippen molar-refractivity contribution >= 4 is 33.4 Å². The van der Waals surface area contributed by atoms with Crippen molar-refractivity contribution in [2.75, 3.05) is 20.3 Å². The number of hydrogen-bond donors (Lipinski definition) is 1. The molecule has 0 aliphatic carbocycles. The Balaban J connectivity index is 2.58. The highest BCUT2D eigenvalue weighted by Crippen LogP contribution is 2.14. The molecule has 1 amide bonds. The maximum atomic E-state index is 11.8. The summed E-state index contributed by atoms with van der Waals surface area (Å²) in [5, 5.41) is 3.39. The molecule has 1 atom stereocenters. The van der Waals surface area contributed by atoms with Gasteiger partial charge in [0.15, 0.2) is 0 Å². The molecule has 1 rings (SSSR count). The van der Waals surface area contributed by atoms with Gasteiger partial charge in [-0.1, -0.05) is 27.5 Å². The second-order valence-electron chi connectivity index (χ2n) is 3.78. The lowest BCUT2D eigenvalue weighted by Crippen LogP contribution is -2.31. The van der Waals surface area contributed by atoms with Crippen LogP contribution >= 0.6 is 27.5 Å². The number of benzene rings is 1. The van der Waals surface area contributed by atoms with Crippen LogP contribution in [0.1, 0.15) is 15.9 Å². The van der Waals surface area contributed by atoms with Crippen LogP contribution in [0.2, 0.25) is 5.02 Å². The van der Waals surface area contributed by atoms with Gasteiger partial charge in [0, 0.05) is 24.2 Å². The fraction of sp³-hybridized carbons (Fsp3) is 0.417. The van der Waals surface area contributed by atoms with Crippen LogP contribution < -0.4 is 5.32 Å². The molecule has 0 bridgehead atoms. The van der Waals surface area contributed by atoms with Crippen LogP contribution in [-0.4, -0.2) is 31.0 Å². The van der Waals surface area contributed by atoms with Crippen molar-refractivity contribution in [3.8, 4) is 0 Å². The number of hydrogen-bond acceptors (Lipinski definition) is 2. The van der Waals surface area contributed by atoms with Gasteiger partial charge in [-0.2, -0.15) is 0 Å². The Morgan fingerprint density at radius 3 is 2.82 bits per heavy atom. The minimum atomic E-state index is -0.129. The van der Waals surface area contributed by atoms with Crippen molar-refractivity contribution in [3.63, 3.8) is 0 Å². The summed E-state index contributed by atoms with van der Waals surface area (Å²) in [4.78, 5) is 11.9. The number of amides is 1. The van der Waals surface area contributed by atoms with Gasteiger partial charge >= 0.3 is 0 Å². The molecule has 17 heavy (non-hydrogen) atoms. The van der Waals surface area contributed by atoms with E-state index in [4.69, 9.17) is 16.3 Å². The van der Waals surface area contributed by atoms with Crippen LogP contribution in [0.4, 0.5) is 0 Å². The molecule has 0 heterocycles. The monoisotopic (exact) mass is 319 g/mol. The maximum absolute atomic E-state index is 11.8. The first-order valence-corrected chi connectivity index (χ1v) is 6.50. The molecule has 0 saturated heterocycles. The third kappa shape index (κ3) is 5.06. The predicted octanol–water partition coefficient (Wildman–Crippen LogP) is 2.79. The van der Waals surface area contributed by atoms with Crippen molar-refractivity contribution in [1.82, 2.24) is 5.32 Å². The number of halogens is 2. The highest BCUT2D eigenvalue weighted by atomic mass is 79.9. The van der Waals surface area contributed by atoms with Crippen LogP contribution in [0.25, 0.3) is 0 Å². The Bertz CT molecular complexity index is 378. The summed E-state index contributed by atoms with van der Waals surface area (Å²) in [5.74, 6) is -0.129. The smallest absolute Gasteiger partial charge is 0.251 e. The number of ether oxygens (including phenoxy) is 1. The van der Waals surface area contributed by atoms with Crippen molar-refractivity contribution < 1.29 is 9.53 Å². The average Bonchev–Trinajstić information content (AvgIpc) is 2.25. The standard InChI is InChI=1S/C12H15BrClNO2/c1-8-3-9(5-11(14)4-8)12(16)15-6-10(13)7-17-2/h3-5,10H,6-7H2,1-2H3,(H,15,16). The Labute approximate surface area is 115 Å². The summed E-state index contributed by atoms with van der Waals surface area (Å²) in [6.07, 6.45) is 0. The molecule has 0 aliphatic heterocycles. The molecule has 3 nitrogen and oxygen atoms in total. The lowest BCUT2D eigenvalue weighted by Gasteiger charge is -2.10. The van der Waals surface area contributed by atoms with Crippen LogP contribution in [0.5, 0.6) is 0 Å². The number of rotatable bonds is 5. The molecule has 0 fully saturated rings. The molecular formula is C12H15BrClNO2. The fourth-order valence-electron chi connectivity index (χ4n) is 1.41. The number of methoxy groups -OCH3 is 1. The zero-order valence-corrected chi connectivity index (χ0v) is 12.1. The highest BCUT2D eigenvalue weighted by Gasteiger charge is 2.09.